The van der Waals surface area contributed by atoms with Gasteiger partial charge in [0, 0.05) is 6.54 Å². The predicted molar refractivity (Wildman–Crippen MR) is 45.1 cm³/mol. The molecule has 7 heteroatoms. The van der Waals surface area contributed by atoms with Crippen LogP contribution >= 0.6 is 0 Å². The summed E-state index contributed by atoms with van der Waals surface area (Å²) >= 11 is 0. The van der Waals surface area contributed by atoms with Crippen molar-refractivity contribution in [1.29, 1.82) is 0 Å². The lowest BCUT2D eigenvalue weighted by Crippen LogP contribution is -2.17. The largest absolute Gasteiger partial charge is 0.469 e. The van der Waals surface area contributed by atoms with Crippen molar-refractivity contribution in [2.24, 2.45) is 0 Å². The third-order valence-electron chi connectivity index (χ3n) is 1.71. The third-order valence-corrected chi connectivity index (χ3v) is 1.71. The number of carbonyl (C=O) groups excluding carboxylic acids is 1. The van der Waals surface area contributed by atoms with Gasteiger partial charge < -0.3 is 9.84 Å². The molecule has 0 radical (unpaired) electrons. The molecule has 78 valence electrons. The predicted octanol–water partition coefficient (Wildman–Crippen LogP) is -1.01. The number of aliphatic hydroxyl groups is 1. The molecule has 1 N–H and O–H groups in total. The quantitative estimate of drug-likeness (QED) is 0.612. The Balaban J connectivity index is 2.21. The molecule has 0 spiro atoms. The van der Waals surface area contributed by atoms with Crippen molar-refractivity contribution in [3.05, 3.63) is 6.33 Å². The number of aromatic nitrogens is 4. The van der Waals surface area contributed by atoms with Gasteiger partial charge >= 0.3 is 5.97 Å². The lowest BCUT2D eigenvalue weighted by Gasteiger charge is -2.07. The van der Waals surface area contributed by atoms with Crippen molar-refractivity contribution < 1.29 is 14.6 Å². The number of aryl methyl sites for hydroxylation is 1. The second kappa shape index (κ2) is 5.28. The first-order valence-electron chi connectivity index (χ1n) is 4.18. The van der Waals surface area contributed by atoms with Gasteiger partial charge in [0.15, 0.2) is 0 Å². The molecule has 0 saturated heterocycles. The normalized spacial score (nSPS) is 12.4. The smallest absolute Gasteiger partial charge is 0.308 e. The van der Waals surface area contributed by atoms with Crippen molar-refractivity contribution in [1.82, 2.24) is 20.2 Å². The van der Waals surface area contributed by atoms with Crippen LogP contribution in [0.4, 0.5) is 0 Å². The zero-order valence-corrected chi connectivity index (χ0v) is 7.83. The molecule has 0 fully saturated rings. The molecule has 1 unspecified atom stereocenters. The van der Waals surface area contributed by atoms with Gasteiger partial charge in [-0.3, -0.25) is 4.79 Å². The highest BCUT2D eigenvalue weighted by Gasteiger charge is 2.10. The highest BCUT2D eigenvalue weighted by atomic mass is 16.5. The summed E-state index contributed by atoms with van der Waals surface area (Å²) in [4.78, 5) is 10.8. The van der Waals surface area contributed by atoms with Gasteiger partial charge in [-0.2, -0.15) is 0 Å². The maximum Gasteiger partial charge on any atom is 0.308 e. The highest BCUT2D eigenvalue weighted by Crippen LogP contribution is 2.00. The van der Waals surface area contributed by atoms with Gasteiger partial charge in [0.05, 0.1) is 19.6 Å². The third kappa shape index (κ3) is 3.48. The summed E-state index contributed by atoms with van der Waals surface area (Å²) in [5.41, 5.74) is 0. The van der Waals surface area contributed by atoms with Crippen LogP contribution in [0.25, 0.3) is 0 Å². The zero-order valence-electron chi connectivity index (χ0n) is 7.83. The first kappa shape index (κ1) is 10.6. The zero-order chi connectivity index (χ0) is 10.4. The number of aliphatic hydroxyl groups excluding tert-OH is 1. The van der Waals surface area contributed by atoms with Crippen LogP contribution in [0.5, 0.6) is 0 Å². The van der Waals surface area contributed by atoms with E-state index >= 15 is 0 Å². The molecular weight excluding hydrogens is 188 g/mol. The van der Waals surface area contributed by atoms with Crippen LogP contribution in [0.2, 0.25) is 0 Å². The SMILES string of the molecule is COC(=O)CC(O)CCn1cnnn1. The van der Waals surface area contributed by atoms with Crippen LogP contribution in [0.3, 0.4) is 0 Å². The number of rotatable bonds is 5. The number of hydrogen-bond acceptors (Lipinski definition) is 6. The van der Waals surface area contributed by atoms with E-state index in [0.29, 0.717) is 13.0 Å². The second-order valence-corrected chi connectivity index (χ2v) is 2.80. The fraction of sp³-hybridized carbons (Fsp3) is 0.714. The summed E-state index contributed by atoms with van der Waals surface area (Å²) in [5, 5.41) is 19.9. The molecule has 0 aromatic carbocycles. The summed E-state index contributed by atoms with van der Waals surface area (Å²) < 4.78 is 5.90. The van der Waals surface area contributed by atoms with Crippen molar-refractivity contribution in [3.63, 3.8) is 0 Å². The van der Waals surface area contributed by atoms with E-state index in [1.165, 1.54) is 18.1 Å². The molecule has 14 heavy (non-hydrogen) atoms. The van der Waals surface area contributed by atoms with E-state index in [9.17, 15) is 9.90 Å². The molecule has 1 aromatic heterocycles. The molecule has 1 rings (SSSR count). The number of ether oxygens (including phenoxy) is 1. The highest BCUT2D eigenvalue weighted by molar-refractivity contribution is 5.69. The fourth-order valence-electron chi connectivity index (χ4n) is 0.942. The Morgan fingerprint density at radius 1 is 1.71 bits per heavy atom. The number of hydrogen-bond donors (Lipinski definition) is 1. The molecule has 0 bridgehead atoms. The van der Waals surface area contributed by atoms with Gasteiger partial charge in [-0.15, -0.1) is 5.10 Å². The maximum atomic E-state index is 10.8. The monoisotopic (exact) mass is 200 g/mol. The molecular formula is C7H12N4O3. The van der Waals surface area contributed by atoms with E-state index < -0.39 is 12.1 Å². The molecule has 1 aromatic rings. The van der Waals surface area contributed by atoms with Crippen LogP contribution in [-0.4, -0.2) is 44.5 Å². The molecule has 0 aliphatic heterocycles. The minimum atomic E-state index is -0.716. The number of carbonyl (C=O) groups is 1. The standard InChI is InChI=1S/C7H12N4O3/c1-14-7(13)4-6(12)2-3-11-5-8-9-10-11/h5-6,12H,2-4H2,1H3. The van der Waals surface area contributed by atoms with Crippen molar-refractivity contribution in [2.75, 3.05) is 7.11 Å². The topological polar surface area (TPSA) is 90.1 Å². The first-order valence-corrected chi connectivity index (χ1v) is 4.18. The summed E-state index contributed by atoms with van der Waals surface area (Å²) in [6.45, 7) is 0.477. The molecule has 0 aliphatic carbocycles. The Morgan fingerprint density at radius 3 is 3.07 bits per heavy atom. The summed E-state index contributed by atoms with van der Waals surface area (Å²) in [5.74, 6) is -0.422. The average molecular weight is 200 g/mol. The van der Waals surface area contributed by atoms with Gasteiger partial charge in [0.2, 0.25) is 0 Å². The lowest BCUT2D eigenvalue weighted by molar-refractivity contribution is -0.142. The molecule has 1 heterocycles. The van der Waals surface area contributed by atoms with Gasteiger partial charge in [0.25, 0.3) is 0 Å². The van der Waals surface area contributed by atoms with E-state index in [-0.39, 0.29) is 6.42 Å². The molecule has 7 nitrogen and oxygen atoms in total. The van der Waals surface area contributed by atoms with Crippen LogP contribution in [0.1, 0.15) is 12.8 Å². The molecule has 1 atom stereocenters. The second-order valence-electron chi connectivity index (χ2n) is 2.80. The van der Waals surface area contributed by atoms with Crippen molar-refractivity contribution in [3.8, 4) is 0 Å². The number of methoxy groups -OCH3 is 1. The Hall–Kier alpha value is -1.50. The summed E-state index contributed by atoms with van der Waals surface area (Å²) in [6, 6.07) is 0. The van der Waals surface area contributed by atoms with E-state index in [1.807, 2.05) is 0 Å². The number of esters is 1. The maximum absolute atomic E-state index is 10.8. The van der Waals surface area contributed by atoms with Crippen LogP contribution in [0, 0.1) is 0 Å². The average Bonchev–Trinajstić information content (AvgIpc) is 2.67. The summed E-state index contributed by atoms with van der Waals surface area (Å²) in [7, 11) is 1.29. The van der Waals surface area contributed by atoms with Gasteiger partial charge in [-0.1, -0.05) is 0 Å². The van der Waals surface area contributed by atoms with Crippen molar-refractivity contribution >= 4 is 5.97 Å². The minimum absolute atomic E-state index is 0.00136. The first-order chi connectivity index (χ1) is 6.72. The Bertz CT molecular complexity index is 274. The molecule has 0 amide bonds. The Morgan fingerprint density at radius 2 is 2.50 bits per heavy atom. The van der Waals surface area contributed by atoms with E-state index in [0.717, 1.165) is 0 Å². The van der Waals surface area contributed by atoms with E-state index in [1.54, 1.807) is 0 Å². The van der Waals surface area contributed by atoms with Crippen molar-refractivity contribution in [2.45, 2.75) is 25.5 Å². The summed E-state index contributed by atoms with van der Waals surface area (Å²) in [6.07, 6.45) is 1.15. The van der Waals surface area contributed by atoms with Gasteiger partial charge in [0.1, 0.15) is 6.33 Å². The number of nitrogens with zero attached hydrogens (tertiary/aromatic N) is 4. The van der Waals surface area contributed by atoms with E-state index in [2.05, 4.69) is 20.3 Å². The molecule has 0 aliphatic rings. The van der Waals surface area contributed by atoms with Crippen LogP contribution < -0.4 is 0 Å². The van der Waals surface area contributed by atoms with Crippen LogP contribution in [-0.2, 0) is 16.1 Å². The van der Waals surface area contributed by atoms with Gasteiger partial charge in [-0.05, 0) is 16.8 Å². The minimum Gasteiger partial charge on any atom is -0.469 e. The number of tetrazole rings is 1. The van der Waals surface area contributed by atoms with Crippen LogP contribution in [0.15, 0.2) is 6.33 Å². The fourth-order valence-corrected chi connectivity index (χ4v) is 0.942. The molecule has 0 saturated carbocycles. The Labute approximate surface area is 80.7 Å². The Kier molecular flexibility index (Phi) is 3.99. The van der Waals surface area contributed by atoms with E-state index in [4.69, 9.17) is 0 Å². The van der Waals surface area contributed by atoms with Gasteiger partial charge in [-0.25, -0.2) is 4.68 Å². The lowest BCUT2D eigenvalue weighted by atomic mass is 10.2.